The van der Waals surface area contributed by atoms with Crippen LogP contribution in [0.5, 0.6) is 0 Å². The molecule has 0 aromatic rings. The van der Waals surface area contributed by atoms with Crippen LogP contribution in [0.25, 0.3) is 0 Å². The number of hydrogen-bond donors (Lipinski definition) is 0. The molecule has 0 atom stereocenters. The molecule has 5 heteroatoms. The van der Waals surface area contributed by atoms with Gasteiger partial charge in [-0.1, -0.05) is 6.92 Å². The summed E-state index contributed by atoms with van der Waals surface area (Å²) in [5.74, 6) is -0.904. The Bertz CT molecular complexity index is 167. The molecule has 0 fully saturated rings. The predicted molar refractivity (Wildman–Crippen MR) is 54.7 cm³/mol. The number of aliphatic imine (C=N–C) groups is 2. The highest BCUT2D eigenvalue weighted by atomic mass is 35.5. The van der Waals surface area contributed by atoms with Crippen LogP contribution in [-0.2, 0) is 9.47 Å². The number of ether oxygens (including phenoxy) is 2. The van der Waals surface area contributed by atoms with Gasteiger partial charge in [0.2, 0.25) is 0 Å². The summed E-state index contributed by atoms with van der Waals surface area (Å²) < 4.78 is 10.1. The maximum Gasteiger partial charge on any atom is 0.277 e. The lowest BCUT2D eigenvalue weighted by molar-refractivity contribution is -0.200. The van der Waals surface area contributed by atoms with Gasteiger partial charge in [0.25, 0.3) is 5.91 Å². The van der Waals surface area contributed by atoms with Crippen LogP contribution in [0.1, 0.15) is 20.3 Å². The number of rotatable bonds is 5. The van der Waals surface area contributed by atoms with E-state index >= 15 is 0 Å². The van der Waals surface area contributed by atoms with Crippen molar-refractivity contribution in [2.45, 2.75) is 26.2 Å². The Kier molecular flexibility index (Phi) is 9.51. The summed E-state index contributed by atoms with van der Waals surface area (Å²) in [5.41, 5.74) is 0. The van der Waals surface area contributed by atoms with Crippen molar-refractivity contribution in [1.29, 1.82) is 0 Å². The Hall–Kier alpha value is -0.410. The topological polar surface area (TPSA) is 43.2 Å². The molecule has 0 saturated carbocycles. The molecule has 4 nitrogen and oxygen atoms in total. The second kappa shape index (κ2) is 8.20. The summed E-state index contributed by atoms with van der Waals surface area (Å²) >= 11 is 0. The third-order valence-corrected chi connectivity index (χ3v) is 1.53. The van der Waals surface area contributed by atoms with Crippen molar-refractivity contribution in [2.75, 3.05) is 20.8 Å². The van der Waals surface area contributed by atoms with E-state index in [1.807, 2.05) is 13.8 Å². The number of nitrogens with zero attached hydrogens (tertiary/aromatic N) is 2. The van der Waals surface area contributed by atoms with Gasteiger partial charge in [-0.2, -0.15) is 4.99 Å². The monoisotopic (exact) mass is 208 g/mol. The molecule has 0 spiro atoms. The molecule has 0 rings (SSSR count). The van der Waals surface area contributed by atoms with Crippen LogP contribution in [0.15, 0.2) is 9.98 Å². The van der Waals surface area contributed by atoms with Crippen molar-refractivity contribution < 1.29 is 9.47 Å². The van der Waals surface area contributed by atoms with Crippen LogP contribution >= 0.6 is 12.4 Å². The summed E-state index contributed by atoms with van der Waals surface area (Å²) in [7, 11) is 3.09. The quantitative estimate of drug-likeness (QED) is 0.512. The van der Waals surface area contributed by atoms with Gasteiger partial charge < -0.3 is 9.47 Å². The van der Waals surface area contributed by atoms with E-state index in [1.165, 1.54) is 0 Å². The highest BCUT2D eigenvalue weighted by Gasteiger charge is 2.25. The van der Waals surface area contributed by atoms with E-state index in [0.29, 0.717) is 13.0 Å². The molecule has 78 valence electrons. The van der Waals surface area contributed by atoms with Crippen molar-refractivity contribution >= 4 is 18.4 Å². The standard InChI is InChI=1S/C8H16N2O2.ClH/c1-5-8(11-3,12-4)10-7-9-6-2;/h5-6H2,1-4H3;1H. The average molecular weight is 209 g/mol. The molecule has 0 radical (unpaired) electrons. The third-order valence-electron chi connectivity index (χ3n) is 1.53. The maximum absolute atomic E-state index is 5.07. The minimum Gasteiger partial charge on any atom is -0.334 e. The van der Waals surface area contributed by atoms with E-state index in [4.69, 9.17) is 9.47 Å². The molecule has 0 aliphatic rings. The molecule has 0 aromatic heterocycles. The van der Waals surface area contributed by atoms with E-state index in [-0.39, 0.29) is 12.4 Å². The minimum absolute atomic E-state index is 0. The SMILES string of the molecule is CCN=C=NC(CC)(OC)OC.Cl. The van der Waals surface area contributed by atoms with Crippen LogP contribution in [-0.4, -0.2) is 32.7 Å². The molecule has 0 aliphatic heterocycles. The molecule has 0 aliphatic carbocycles. The largest absolute Gasteiger partial charge is 0.334 e. The van der Waals surface area contributed by atoms with E-state index in [0.717, 1.165) is 0 Å². The lowest BCUT2D eigenvalue weighted by atomic mass is 10.4. The number of hydrogen-bond acceptors (Lipinski definition) is 4. The Morgan fingerprint density at radius 1 is 1.23 bits per heavy atom. The van der Waals surface area contributed by atoms with Gasteiger partial charge in [0, 0.05) is 27.2 Å². The first-order valence-corrected chi connectivity index (χ1v) is 3.98. The first kappa shape index (κ1) is 15.1. The van der Waals surface area contributed by atoms with Gasteiger partial charge in [-0.15, -0.1) is 12.4 Å². The second-order valence-electron chi connectivity index (χ2n) is 2.16. The zero-order valence-electron chi connectivity index (χ0n) is 8.53. The fourth-order valence-electron chi connectivity index (χ4n) is 0.725. The highest BCUT2D eigenvalue weighted by molar-refractivity contribution is 5.85. The normalized spacial score (nSPS) is 9.85. The lowest BCUT2D eigenvalue weighted by Crippen LogP contribution is -2.29. The summed E-state index contributed by atoms with van der Waals surface area (Å²) in [4.78, 5) is 7.76. The van der Waals surface area contributed by atoms with E-state index < -0.39 is 5.91 Å². The number of halogens is 1. The number of methoxy groups -OCH3 is 2. The molecule has 13 heavy (non-hydrogen) atoms. The van der Waals surface area contributed by atoms with Crippen LogP contribution in [0.2, 0.25) is 0 Å². The van der Waals surface area contributed by atoms with Crippen LogP contribution in [0, 0.1) is 0 Å². The molecular weight excluding hydrogens is 192 g/mol. The van der Waals surface area contributed by atoms with E-state index in [1.54, 1.807) is 14.2 Å². The van der Waals surface area contributed by atoms with Gasteiger partial charge in [0.05, 0.1) is 6.01 Å². The Morgan fingerprint density at radius 2 is 1.77 bits per heavy atom. The summed E-state index contributed by atoms with van der Waals surface area (Å²) in [6, 6.07) is 2.53. The van der Waals surface area contributed by atoms with Crippen LogP contribution in [0.3, 0.4) is 0 Å². The van der Waals surface area contributed by atoms with Gasteiger partial charge in [-0.3, -0.25) is 0 Å². The van der Waals surface area contributed by atoms with Crippen LogP contribution < -0.4 is 0 Å². The fourth-order valence-corrected chi connectivity index (χ4v) is 0.725. The van der Waals surface area contributed by atoms with E-state index in [9.17, 15) is 0 Å². The molecule has 0 bridgehead atoms. The van der Waals surface area contributed by atoms with Gasteiger partial charge >= 0.3 is 0 Å². The Balaban J connectivity index is 0. The summed E-state index contributed by atoms with van der Waals surface area (Å²) in [6.45, 7) is 4.50. The van der Waals surface area contributed by atoms with Crippen molar-refractivity contribution in [3.8, 4) is 0 Å². The van der Waals surface area contributed by atoms with Crippen molar-refractivity contribution in [2.24, 2.45) is 9.98 Å². The van der Waals surface area contributed by atoms with Gasteiger partial charge in [-0.05, 0) is 6.92 Å². The van der Waals surface area contributed by atoms with E-state index in [2.05, 4.69) is 16.0 Å². The van der Waals surface area contributed by atoms with Crippen molar-refractivity contribution in [3.05, 3.63) is 0 Å². The third kappa shape index (κ3) is 5.01. The first-order chi connectivity index (χ1) is 5.74. The summed E-state index contributed by atoms with van der Waals surface area (Å²) in [6.07, 6.45) is 0.631. The molecule has 0 unspecified atom stereocenters. The Morgan fingerprint density at radius 3 is 2.08 bits per heavy atom. The fraction of sp³-hybridized carbons (Fsp3) is 0.875. The van der Waals surface area contributed by atoms with Gasteiger partial charge in [0.15, 0.2) is 0 Å². The molecule has 0 amide bonds. The molecule has 0 aromatic carbocycles. The summed E-state index contributed by atoms with van der Waals surface area (Å²) in [5, 5.41) is 0. The second-order valence-corrected chi connectivity index (χ2v) is 2.16. The molecule has 0 saturated heterocycles. The Labute approximate surface area is 85.5 Å². The zero-order chi connectivity index (χ0) is 9.45. The van der Waals surface area contributed by atoms with Gasteiger partial charge in [-0.25, -0.2) is 4.99 Å². The lowest BCUT2D eigenvalue weighted by Gasteiger charge is -2.22. The van der Waals surface area contributed by atoms with Crippen LogP contribution in [0.4, 0.5) is 0 Å². The van der Waals surface area contributed by atoms with Crippen molar-refractivity contribution in [1.82, 2.24) is 0 Å². The molecule has 0 heterocycles. The maximum atomic E-state index is 5.07. The van der Waals surface area contributed by atoms with Gasteiger partial charge in [0.1, 0.15) is 0 Å². The zero-order valence-corrected chi connectivity index (χ0v) is 9.35. The molecular formula is C8H17ClN2O2. The smallest absolute Gasteiger partial charge is 0.277 e. The highest BCUT2D eigenvalue weighted by Crippen LogP contribution is 2.16. The minimum atomic E-state index is -0.904. The predicted octanol–water partition coefficient (Wildman–Crippen LogP) is 1.96. The first-order valence-electron chi connectivity index (χ1n) is 3.98. The molecule has 0 N–H and O–H groups in total. The average Bonchev–Trinajstić information content (AvgIpc) is 2.14. The van der Waals surface area contributed by atoms with Crippen molar-refractivity contribution in [3.63, 3.8) is 0 Å².